The molecule has 0 radical (unpaired) electrons. The Labute approximate surface area is 103 Å². The maximum absolute atomic E-state index is 11.5. The highest BCUT2D eigenvalue weighted by molar-refractivity contribution is 7.91. The van der Waals surface area contributed by atoms with Crippen LogP contribution in [0.3, 0.4) is 0 Å². The first kappa shape index (κ1) is 13.3. The highest BCUT2D eigenvalue weighted by atomic mass is 32.2. The fourth-order valence-corrected chi connectivity index (χ4v) is 4.86. The Bertz CT molecular complexity index is 384. The van der Waals surface area contributed by atoms with Gasteiger partial charge in [-0.2, -0.15) is 0 Å². The molecule has 2 N–H and O–H groups in total. The Morgan fingerprint density at radius 1 is 1.53 bits per heavy atom. The lowest BCUT2D eigenvalue weighted by Crippen LogP contribution is -2.60. The summed E-state index contributed by atoms with van der Waals surface area (Å²) in [4.78, 5) is 2.16. The van der Waals surface area contributed by atoms with Crippen LogP contribution < -0.4 is 5.73 Å². The Hall–Kier alpha value is -0.170. The first-order chi connectivity index (χ1) is 7.91. The summed E-state index contributed by atoms with van der Waals surface area (Å²) in [6.45, 7) is 3.25. The van der Waals surface area contributed by atoms with Crippen LogP contribution in [0.1, 0.15) is 19.8 Å². The number of hydrogen-bond acceptors (Lipinski definition) is 5. The third kappa shape index (κ3) is 2.23. The molecule has 0 spiro atoms. The van der Waals surface area contributed by atoms with Crippen molar-refractivity contribution in [2.45, 2.75) is 37.5 Å². The monoisotopic (exact) mass is 262 g/mol. The molecule has 2 rings (SSSR count). The molecule has 0 amide bonds. The summed E-state index contributed by atoms with van der Waals surface area (Å²) in [6, 6.07) is 0.0905. The molecule has 0 aromatic rings. The zero-order chi connectivity index (χ0) is 12.7. The van der Waals surface area contributed by atoms with Crippen molar-refractivity contribution in [2.24, 2.45) is 5.73 Å². The van der Waals surface area contributed by atoms with Crippen molar-refractivity contribution < 1.29 is 13.2 Å². The standard InChI is InChI=1S/C11H22N2O3S/c1-9-11(8-12,4-5-16-9)13(2)10-3-6-17(14,15)7-10/h9-10H,3-8,12H2,1-2H3. The maximum Gasteiger partial charge on any atom is 0.151 e. The first-order valence-electron chi connectivity index (χ1n) is 6.16. The van der Waals surface area contributed by atoms with Gasteiger partial charge in [-0.05, 0) is 26.8 Å². The zero-order valence-corrected chi connectivity index (χ0v) is 11.4. The van der Waals surface area contributed by atoms with E-state index in [0.29, 0.717) is 25.3 Å². The molecule has 2 fully saturated rings. The van der Waals surface area contributed by atoms with Gasteiger partial charge in [0.15, 0.2) is 9.84 Å². The van der Waals surface area contributed by atoms with Gasteiger partial charge in [0.25, 0.3) is 0 Å². The van der Waals surface area contributed by atoms with Crippen molar-refractivity contribution >= 4 is 9.84 Å². The first-order valence-corrected chi connectivity index (χ1v) is 7.98. The Morgan fingerprint density at radius 3 is 2.65 bits per heavy atom. The fraction of sp³-hybridized carbons (Fsp3) is 1.00. The molecule has 5 nitrogen and oxygen atoms in total. The minimum absolute atomic E-state index is 0.0702. The number of hydrogen-bond donors (Lipinski definition) is 1. The van der Waals surface area contributed by atoms with Gasteiger partial charge in [0.1, 0.15) is 0 Å². The van der Waals surface area contributed by atoms with E-state index in [4.69, 9.17) is 10.5 Å². The van der Waals surface area contributed by atoms with E-state index in [-0.39, 0.29) is 23.4 Å². The van der Waals surface area contributed by atoms with Crippen LogP contribution in [0.4, 0.5) is 0 Å². The minimum atomic E-state index is -2.85. The van der Waals surface area contributed by atoms with Crippen molar-refractivity contribution in [3.63, 3.8) is 0 Å². The van der Waals surface area contributed by atoms with Gasteiger partial charge in [-0.15, -0.1) is 0 Å². The van der Waals surface area contributed by atoms with E-state index < -0.39 is 9.84 Å². The lowest BCUT2D eigenvalue weighted by atomic mass is 9.88. The van der Waals surface area contributed by atoms with Crippen LogP contribution in [0.2, 0.25) is 0 Å². The third-order valence-electron chi connectivity index (χ3n) is 4.47. The molecule has 0 aromatic heterocycles. The molecule has 0 bridgehead atoms. The smallest absolute Gasteiger partial charge is 0.151 e. The fourth-order valence-electron chi connectivity index (χ4n) is 3.09. The molecular formula is C11H22N2O3S. The average Bonchev–Trinajstić information content (AvgIpc) is 2.81. The average molecular weight is 262 g/mol. The van der Waals surface area contributed by atoms with Crippen molar-refractivity contribution in [2.75, 3.05) is 31.7 Å². The van der Waals surface area contributed by atoms with E-state index in [0.717, 1.165) is 6.42 Å². The van der Waals surface area contributed by atoms with Gasteiger partial charge < -0.3 is 10.5 Å². The van der Waals surface area contributed by atoms with Gasteiger partial charge in [0, 0.05) is 19.2 Å². The van der Waals surface area contributed by atoms with E-state index in [1.807, 2.05) is 14.0 Å². The maximum atomic E-state index is 11.5. The molecule has 0 saturated carbocycles. The summed E-state index contributed by atoms with van der Waals surface area (Å²) in [5.74, 6) is 0.565. The summed E-state index contributed by atoms with van der Waals surface area (Å²) < 4.78 is 28.7. The lowest BCUT2D eigenvalue weighted by molar-refractivity contribution is 0.0114. The van der Waals surface area contributed by atoms with Crippen LogP contribution in [0, 0.1) is 0 Å². The van der Waals surface area contributed by atoms with Gasteiger partial charge in [0.05, 0.1) is 23.1 Å². The quantitative estimate of drug-likeness (QED) is 0.750. The number of sulfone groups is 1. The van der Waals surface area contributed by atoms with Gasteiger partial charge in [-0.3, -0.25) is 4.90 Å². The van der Waals surface area contributed by atoms with Crippen LogP contribution in [-0.4, -0.2) is 62.7 Å². The minimum Gasteiger partial charge on any atom is -0.376 e. The second kappa shape index (κ2) is 4.50. The molecule has 3 unspecified atom stereocenters. The van der Waals surface area contributed by atoms with Crippen molar-refractivity contribution in [3.8, 4) is 0 Å². The van der Waals surface area contributed by atoms with Gasteiger partial charge >= 0.3 is 0 Å². The summed E-state index contributed by atoms with van der Waals surface area (Å²) >= 11 is 0. The third-order valence-corrected chi connectivity index (χ3v) is 6.22. The SMILES string of the molecule is CC1OCCC1(CN)N(C)C1CCS(=O)(=O)C1. The largest absolute Gasteiger partial charge is 0.376 e. The van der Waals surface area contributed by atoms with E-state index >= 15 is 0 Å². The van der Waals surface area contributed by atoms with Crippen LogP contribution in [0.15, 0.2) is 0 Å². The number of rotatable bonds is 3. The normalized spacial score (nSPS) is 41.2. The number of nitrogens with zero attached hydrogens (tertiary/aromatic N) is 1. The molecule has 0 aliphatic carbocycles. The summed E-state index contributed by atoms with van der Waals surface area (Å²) in [5, 5.41) is 0. The van der Waals surface area contributed by atoms with Crippen LogP contribution in [0.5, 0.6) is 0 Å². The zero-order valence-electron chi connectivity index (χ0n) is 10.6. The van der Waals surface area contributed by atoms with Gasteiger partial charge in [-0.1, -0.05) is 0 Å². The molecule has 100 valence electrons. The lowest BCUT2D eigenvalue weighted by Gasteiger charge is -2.43. The molecule has 6 heteroatoms. The van der Waals surface area contributed by atoms with Crippen molar-refractivity contribution in [3.05, 3.63) is 0 Å². The molecular weight excluding hydrogens is 240 g/mol. The van der Waals surface area contributed by atoms with E-state index in [1.54, 1.807) is 0 Å². The Balaban J connectivity index is 2.16. The molecule has 2 aliphatic heterocycles. The number of ether oxygens (including phenoxy) is 1. The van der Waals surface area contributed by atoms with Crippen LogP contribution in [0.25, 0.3) is 0 Å². The predicted molar refractivity (Wildman–Crippen MR) is 66.6 cm³/mol. The summed E-state index contributed by atoms with van der Waals surface area (Å²) in [6.07, 6.45) is 1.67. The molecule has 2 saturated heterocycles. The highest BCUT2D eigenvalue weighted by Crippen LogP contribution is 2.34. The second-order valence-electron chi connectivity index (χ2n) is 5.24. The molecule has 2 aliphatic rings. The molecule has 17 heavy (non-hydrogen) atoms. The van der Waals surface area contributed by atoms with Gasteiger partial charge in [0.2, 0.25) is 0 Å². The topological polar surface area (TPSA) is 72.6 Å². The van der Waals surface area contributed by atoms with E-state index in [1.165, 1.54) is 0 Å². The van der Waals surface area contributed by atoms with E-state index in [9.17, 15) is 8.42 Å². The second-order valence-corrected chi connectivity index (χ2v) is 7.47. The molecule has 3 atom stereocenters. The summed E-state index contributed by atoms with van der Waals surface area (Å²) in [7, 11) is -0.856. The van der Waals surface area contributed by atoms with Crippen LogP contribution >= 0.6 is 0 Å². The molecule has 0 aromatic carbocycles. The predicted octanol–water partition coefficient (Wildman–Crippen LogP) is -0.388. The molecule has 2 heterocycles. The van der Waals surface area contributed by atoms with Crippen molar-refractivity contribution in [1.82, 2.24) is 4.90 Å². The Morgan fingerprint density at radius 2 is 2.24 bits per heavy atom. The Kier molecular flexibility index (Phi) is 3.51. The van der Waals surface area contributed by atoms with Gasteiger partial charge in [-0.25, -0.2) is 8.42 Å². The highest BCUT2D eigenvalue weighted by Gasteiger charge is 2.47. The van der Waals surface area contributed by atoms with Crippen molar-refractivity contribution in [1.29, 1.82) is 0 Å². The number of nitrogens with two attached hydrogens (primary N) is 1. The van der Waals surface area contributed by atoms with E-state index in [2.05, 4.69) is 4.90 Å². The summed E-state index contributed by atoms with van der Waals surface area (Å²) in [5.41, 5.74) is 5.73. The number of likely N-dealkylation sites (N-methyl/N-ethyl adjacent to an activating group) is 1. The van der Waals surface area contributed by atoms with Crippen LogP contribution in [-0.2, 0) is 14.6 Å².